The van der Waals surface area contributed by atoms with Crippen molar-refractivity contribution in [1.29, 1.82) is 10.5 Å². The van der Waals surface area contributed by atoms with Crippen molar-refractivity contribution in [2.75, 3.05) is 0 Å². The molecule has 1 aromatic rings. The lowest BCUT2D eigenvalue weighted by molar-refractivity contribution is 0.310. The summed E-state index contributed by atoms with van der Waals surface area (Å²) in [5.74, 6) is 0. The van der Waals surface area contributed by atoms with Gasteiger partial charge in [-0.1, -0.05) is 48.7 Å². The highest BCUT2D eigenvalue weighted by molar-refractivity contribution is 5.12. The predicted octanol–water partition coefficient (Wildman–Crippen LogP) is 5.89. The van der Waals surface area contributed by atoms with E-state index in [1.165, 1.54) is 18.4 Å². The molecule has 25 heavy (non-hydrogen) atoms. The zero-order valence-corrected chi connectivity index (χ0v) is 15.2. The zero-order valence-electron chi connectivity index (χ0n) is 15.2. The third-order valence-electron chi connectivity index (χ3n) is 5.15. The Kier molecular flexibility index (Phi) is 7.14. The molecule has 1 aromatic carbocycles. The van der Waals surface area contributed by atoms with E-state index in [1.54, 1.807) is 0 Å². The molecule has 2 saturated carbocycles. The number of hydrogen-bond donors (Lipinski definition) is 0. The van der Waals surface area contributed by atoms with Gasteiger partial charge in [-0.15, -0.1) is 0 Å². The normalized spacial score (nSPS) is 21.4. The first kappa shape index (κ1) is 19.1. The average Bonchev–Trinajstić information content (AvgIpc) is 2.69. The van der Waals surface area contributed by atoms with Crippen LogP contribution in [-0.2, 0) is 0 Å². The van der Waals surface area contributed by atoms with Crippen LogP contribution < -0.4 is 0 Å². The molecule has 0 bridgehead atoms. The van der Waals surface area contributed by atoms with E-state index in [9.17, 15) is 10.5 Å². The molecule has 0 heterocycles. The van der Waals surface area contributed by atoms with Crippen LogP contribution in [0.5, 0.6) is 0 Å². The van der Waals surface area contributed by atoms with Gasteiger partial charge in [0.25, 0.3) is 0 Å². The van der Waals surface area contributed by atoms with Crippen LogP contribution >= 0.6 is 0 Å². The van der Waals surface area contributed by atoms with Gasteiger partial charge in [-0.3, -0.25) is 0 Å². The zero-order chi connectivity index (χ0) is 18.0. The van der Waals surface area contributed by atoms with Gasteiger partial charge in [0, 0.05) is 0 Å². The minimum atomic E-state index is -0.639. The SMILES string of the molecule is Cc1ccccc1.N#CC1(N=NC2(C#N)CCCCC2)CCCCC1. The Balaban J connectivity index is 0.000000269. The molecule has 3 rings (SSSR count). The molecule has 0 spiro atoms. The van der Waals surface area contributed by atoms with Crippen molar-refractivity contribution in [2.45, 2.75) is 82.2 Å². The monoisotopic (exact) mass is 336 g/mol. The molecule has 0 radical (unpaired) electrons. The predicted molar refractivity (Wildman–Crippen MR) is 98.9 cm³/mol. The van der Waals surface area contributed by atoms with Gasteiger partial charge in [0.1, 0.15) is 0 Å². The van der Waals surface area contributed by atoms with Gasteiger partial charge in [-0.2, -0.15) is 20.8 Å². The van der Waals surface area contributed by atoms with Gasteiger partial charge < -0.3 is 0 Å². The van der Waals surface area contributed by atoms with E-state index in [1.807, 2.05) is 18.2 Å². The number of benzene rings is 1. The van der Waals surface area contributed by atoms with E-state index in [2.05, 4.69) is 41.4 Å². The van der Waals surface area contributed by atoms with Crippen molar-refractivity contribution in [3.05, 3.63) is 35.9 Å². The van der Waals surface area contributed by atoms with Gasteiger partial charge in [0.15, 0.2) is 11.1 Å². The van der Waals surface area contributed by atoms with Crippen molar-refractivity contribution >= 4 is 0 Å². The molecule has 0 amide bonds. The van der Waals surface area contributed by atoms with Crippen LogP contribution in [0, 0.1) is 29.6 Å². The Morgan fingerprint density at radius 3 is 1.40 bits per heavy atom. The lowest BCUT2D eigenvalue weighted by Gasteiger charge is -2.29. The molecule has 2 aliphatic carbocycles. The number of nitrogens with zero attached hydrogens (tertiary/aromatic N) is 4. The molecule has 0 aromatic heterocycles. The first-order valence-electron chi connectivity index (χ1n) is 9.42. The maximum absolute atomic E-state index is 9.34. The standard InChI is InChI=1S/C14H20N4.C7H8/c15-11-13(7-3-1-4-8-13)17-18-14(12-16)9-5-2-6-10-14;1-7-5-3-2-4-6-7/h1-10H2;2-6H,1H3. The van der Waals surface area contributed by atoms with Gasteiger partial charge in [0.05, 0.1) is 12.1 Å². The van der Waals surface area contributed by atoms with E-state index in [0.717, 1.165) is 51.4 Å². The molecule has 2 fully saturated rings. The highest BCUT2D eigenvalue weighted by Crippen LogP contribution is 2.36. The maximum Gasteiger partial charge on any atom is 0.167 e. The summed E-state index contributed by atoms with van der Waals surface area (Å²) in [6.45, 7) is 2.08. The highest BCUT2D eigenvalue weighted by Gasteiger charge is 2.36. The summed E-state index contributed by atoms with van der Waals surface area (Å²) in [5, 5.41) is 27.4. The van der Waals surface area contributed by atoms with Crippen LogP contribution in [0.25, 0.3) is 0 Å². The lowest BCUT2D eigenvalue weighted by Crippen LogP contribution is -2.31. The Labute approximate surface area is 151 Å². The molecule has 0 saturated heterocycles. The first-order chi connectivity index (χ1) is 12.1. The van der Waals surface area contributed by atoms with Gasteiger partial charge >= 0.3 is 0 Å². The number of hydrogen-bond acceptors (Lipinski definition) is 4. The minimum Gasteiger partial charge on any atom is -0.196 e. The van der Waals surface area contributed by atoms with Crippen LogP contribution in [0.15, 0.2) is 40.6 Å². The van der Waals surface area contributed by atoms with Crippen LogP contribution in [0.1, 0.15) is 69.8 Å². The first-order valence-corrected chi connectivity index (χ1v) is 9.42. The number of azo groups is 1. The fourth-order valence-electron chi connectivity index (χ4n) is 3.47. The van der Waals surface area contributed by atoms with Crippen molar-refractivity contribution in [1.82, 2.24) is 0 Å². The quantitative estimate of drug-likeness (QED) is 0.632. The van der Waals surface area contributed by atoms with Crippen LogP contribution in [0.2, 0.25) is 0 Å². The molecule has 4 nitrogen and oxygen atoms in total. The summed E-state index contributed by atoms with van der Waals surface area (Å²) in [6.07, 6.45) is 9.76. The third kappa shape index (κ3) is 5.68. The minimum absolute atomic E-state index is 0.639. The van der Waals surface area contributed by atoms with E-state index in [-0.39, 0.29) is 0 Å². The van der Waals surface area contributed by atoms with E-state index >= 15 is 0 Å². The van der Waals surface area contributed by atoms with Crippen molar-refractivity contribution < 1.29 is 0 Å². The molecule has 0 atom stereocenters. The second kappa shape index (κ2) is 9.33. The molecule has 0 unspecified atom stereocenters. The Morgan fingerprint density at radius 2 is 1.12 bits per heavy atom. The summed E-state index contributed by atoms with van der Waals surface area (Å²) >= 11 is 0. The summed E-state index contributed by atoms with van der Waals surface area (Å²) in [5.41, 5.74) is 0.0431. The molecule has 132 valence electrons. The van der Waals surface area contributed by atoms with Crippen LogP contribution in [0.3, 0.4) is 0 Å². The third-order valence-corrected chi connectivity index (χ3v) is 5.15. The van der Waals surface area contributed by atoms with Crippen LogP contribution in [0.4, 0.5) is 0 Å². The maximum atomic E-state index is 9.34. The van der Waals surface area contributed by atoms with E-state index in [4.69, 9.17) is 0 Å². The van der Waals surface area contributed by atoms with Crippen molar-refractivity contribution in [3.8, 4) is 12.1 Å². The molecular formula is C21H28N4. The van der Waals surface area contributed by atoms with Crippen LogP contribution in [-0.4, -0.2) is 11.1 Å². The average molecular weight is 336 g/mol. The number of aryl methyl sites for hydroxylation is 1. The van der Waals surface area contributed by atoms with Gasteiger partial charge in [-0.05, 0) is 58.3 Å². The second-order valence-electron chi connectivity index (χ2n) is 7.26. The van der Waals surface area contributed by atoms with Crippen molar-refractivity contribution in [3.63, 3.8) is 0 Å². The fraction of sp³-hybridized carbons (Fsp3) is 0.619. The van der Waals surface area contributed by atoms with E-state index in [0.29, 0.717) is 0 Å². The molecule has 2 aliphatic rings. The molecule has 4 heteroatoms. The number of nitriles is 2. The summed E-state index contributed by atoms with van der Waals surface area (Å²) < 4.78 is 0. The molecule has 0 N–H and O–H groups in total. The summed E-state index contributed by atoms with van der Waals surface area (Å²) in [7, 11) is 0. The fourth-order valence-corrected chi connectivity index (χ4v) is 3.47. The summed E-state index contributed by atoms with van der Waals surface area (Å²) in [6, 6.07) is 14.9. The molecule has 0 aliphatic heterocycles. The Hall–Kier alpha value is -2.20. The largest absolute Gasteiger partial charge is 0.196 e. The summed E-state index contributed by atoms with van der Waals surface area (Å²) in [4.78, 5) is 0. The smallest absolute Gasteiger partial charge is 0.167 e. The Morgan fingerprint density at radius 1 is 0.720 bits per heavy atom. The van der Waals surface area contributed by atoms with Crippen molar-refractivity contribution in [2.24, 2.45) is 10.2 Å². The molecular weight excluding hydrogens is 308 g/mol. The van der Waals surface area contributed by atoms with E-state index < -0.39 is 11.1 Å². The highest BCUT2D eigenvalue weighted by atomic mass is 15.2. The number of rotatable bonds is 2. The van der Waals surface area contributed by atoms with Gasteiger partial charge in [0.2, 0.25) is 0 Å². The van der Waals surface area contributed by atoms with Gasteiger partial charge in [-0.25, -0.2) is 0 Å². The Bertz CT molecular complexity index is 586. The lowest BCUT2D eigenvalue weighted by atomic mass is 9.82. The topological polar surface area (TPSA) is 72.3 Å². The second-order valence-corrected chi connectivity index (χ2v) is 7.26.